The molecule has 0 amide bonds. The van der Waals surface area contributed by atoms with Gasteiger partial charge in [0.1, 0.15) is 10.8 Å². The Morgan fingerprint density at radius 1 is 0.745 bits per heavy atom. The zero-order chi connectivity index (χ0) is 32.3. The maximum Gasteiger partial charge on any atom is 0.154 e. The van der Waals surface area contributed by atoms with Crippen LogP contribution in [0.3, 0.4) is 0 Å². The Bertz CT molecular complexity index is 1820. The molecule has 0 atom stereocenters. The third-order valence-corrected chi connectivity index (χ3v) is 11.3. The second-order valence-corrected chi connectivity index (χ2v) is 14.4. The summed E-state index contributed by atoms with van der Waals surface area (Å²) >= 11 is 31.3. The molecule has 0 saturated carbocycles. The van der Waals surface area contributed by atoms with Gasteiger partial charge in [-0.05, 0) is 71.2 Å². The molecule has 3 aliphatic rings. The quantitative estimate of drug-likeness (QED) is 0.0637. The molecule has 0 N–H and O–H groups in total. The Morgan fingerprint density at radius 2 is 1.32 bits per heavy atom. The van der Waals surface area contributed by atoms with Gasteiger partial charge in [-0.2, -0.15) is 0 Å². The van der Waals surface area contributed by atoms with E-state index in [1.807, 2.05) is 94.7 Å². The molecule has 0 saturated heterocycles. The summed E-state index contributed by atoms with van der Waals surface area (Å²) in [7, 11) is 0. The Morgan fingerprint density at radius 3 is 1.79 bits per heavy atom. The van der Waals surface area contributed by atoms with Crippen molar-refractivity contribution < 1.29 is 36.0 Å². The van der Waals surface area contributed by atoms with Gasteiger partial charge in [-0.1, -0.05) is 113 Å². The minimum absolute atomic E-state index is 0. The minimum Gasteiger partial charge on any atom is -0.869 e. The molecule has 235 valence electrons. The first-order valence-electron chi connectivity index (χ1n) is 13.6. The van der Waals surface area contributed by atoms with Crippen LogP contribution in [0.5, 0.6) is 11.5 Å². The van der Waals surface area contributed by atoms with E-state index in [1.54, 1.807) is 34.4 Å². The van der Waals surface area contributed by atoms with Crippen LogP contribution in [-0.2, 0) is 26.2 Å². The van der Waals surface area contributed by atoms with Gasteiger partial charge in [0.25, 0.3) is 0 Å². The first-order valence-corrected chi connectivity index (χ1v) is 18.7. The van der Waals surface area contributed by atoms with Gasteiger partial charge in [0, 0.05) is 47.3 Å². The second-order valence-electron chi connectivity index (χ2n) is 9.14. The number of ether oxygens (including phenoxy) is 1. The molecule has 0 fully saturated rings. The van der Waals surface area contributed by atoms with Crippen molar-refractivity contribution in [2.24, 2.45) is 0 Å². The van der Waals surface area contributed by atoms with E-state index < -0.39 is 5.75 Å². The average molecular weight is 848 g/mol. The first kappa shape index (κ1) is 38.1. The third kappa shape index (κ3) is 10.2. The number of hydrogen-bond donors (Lipinski definition) is 0. The Labute approximate surface area is 330 Å². The third-order valence-electron chi connectivity index (χ3n) is 6.09. The van der Waals surface area contributed by atoms with Crippen molar-refractivity contribution in [1.29, 1.82) is 0 Å². The average Bonchev–Trinajstić information content (AvgIpc) is 3.92. The SMILES string of the molecule is [C]1=CC=CC1.[C]1=CC=CC1.[O-]c1c(Cl)c(Cl)c(Cl)c(Cl)c1O/C(=C(\C(=C=C1C=C[CH]S1)c1cccs1)c1cccs1)c1cccs1.[Zr]. The van der Waals surface area contributed by atoms with Crippen LogP contribution in [0.25, 0.3) is 16.9 Å². The maximum absolute atomic E-state index is 13.1. The van der Waals surface area contributed by atoms with Crippen molar-refractivity contribution in [1.82, 2.24) is 0 Å². The fourth-order valence-electron chi connectivity index (χ4n) is 4.01. The predicted octanol–water partition coefficient (Wildman–Crippen LogP) is 13.1. The van der Waals surface area contributed by atoms with Crippen LogP contribution in [-0.4, -0.2) is 0 Å². The normalized spacial score (nSPS) is 14.2. The summed E-state index contributed by atoms with van der Waals surface area (Å²) in [6.07, 6.45) is 24.0. The van der Waals surface area contributed by atoms with Gasteiger partial charge in [0.15, 0.2) is 5.76 Å². The van der Waals surface area contributed by atoms with Crippen molar-refractivity contribution in [3.63, 3.8) is 0 Å². The van der Waals surface area contributed by atoms with Crippen molar-refractivity contribution >= 4 is 109 Å². The summed E-state index contributed by atoms with van der Waals surface area (Å²) in [5.74, 6) is 1.61. The molecule has 2 nitrogen and oxygen atoms in total. The van der Waals surface area contributed by atoms with Gasteiger partial charge >= 0.3 is 0 Å². The van der Waals surface area contributed by atoms with Crippen LogP contribution in [0.4, 0.5) is 0 Å². The molecule has 0 unspecified atom stereocenters. The van der Waals surface area contributed by atoms with E-state index in [-0.39, 0.29) is 52.0 Å². The summed E-state index contributed by atoms with van der Waals surface area (Å²) in [6.45, 7) is 0. The van der Waals surface area contributed by atoms with E-state index >= 15 is 0 Å². The molecule has 1 aliphatic heterocycles. The number of rotatable bonds is 6. The molecule has 4 aromatic rings. The van der Waals surface area contributed by atoms with Gasteiger partial charge in [0.2, 0.25) is 0 Å². The van der Waals surface area contributed by atoms with Gasteiger partial charge in [-0.25, -0.2) is 0 Å². The molecular weight excluding hydrogens is 826 g/mol. The molecule has 2 aliphatic carbocycles. The fourth-order valence-corrected chi connectivity index (χ4v) is 7.70. The van der Waals surface area contributed by atoms with Crippen LogP contribution in [0.2, 0.25) is 20.1 Å². The van der Waals surface area contributed by atoms with Crippen molar-refractivity contribution in [2.45, 2.75) is 12.8 Å². The summed E-state index contributed by atoms with van der Waals surface area (Å²) in [5.41, 5.74) is 5.17. The molecule has 7 rings (SSSR count). The topological polar surface area (TPSA) is 32.3 Å². The molecule has 4 heterocycles. The Balaban J connectivity index is 0.000000387. The second kappa shape index (κ2) is 19.5. The van der Waals surface area contributed by atoms with E-state index in [0.717, 1.165) is 43.5 Å². The number of thiophene rings is 3. The monoisotopic (exact) mass is 844 g/mol. The number of allylic oxidation sites excluding steroid dienone is 10. The van der Waals surface area contributed by atoms with E-state index in [4.69, 9.17) is 51.1 Å². The molecule has 47 heavy (non-hydrogen) atoms. The van der Waals surface area contributed by atoms with E-state index in [9.17, 15) is 5.11 Å². The van der Waals surface area contributed by atoms with Crippen LogP contribution in [0, 0.1) is 17.9 Å². The Kier molecular flexibility index (Phi) is 15.8. The summed E-state index contributed by atoms with van der Waals surface area (Å²) < 4.78 is 6.39. The van der Waals surface area contributed by atoms with Crippen molar-refractivity contribution in [3.8, 4) is 11.5 Å². The first-order chi connectivity index (χ1) is 22.5. The van der Waals surface area contributed by atoms with Gasteiger partial charge in [0.05, 0.1) is 30.4 Å². The molecular formula is C36H22Cl4O2S4Zr-. The smallest absolute Gasteiger partial charge is 0.154 e. The number of halogens is 4. The molecule has 1 aromatic carbocycles. The van der Waals surface area contributed by atoms with Crippen LogP contribution < -0.4 is 9.84 Å². The molecule has 0 spiro atoms. The van der Waals surface area contributed by atoms with Gasteiger partial charge in [-0.15, -0.1) is 45.8 Å². The summed E-state index contributed by atoms with van der Waals surface area (Å²) in [4.78, 5) is 3.67. The Hall–Kier alpha value is -1.73. The fraction of sp³-hybridized carbons (Fsp3) is 0.0556. The van der Waals surface area contributed by atoms with E-state index in [1.165, 1.54) is 11.3 Å². The van der Waals surface area contributed by atoms with Crippen molar-refractivity contribution in [3.05, 3.63) is 164 Å². The summed E-state index contributed by atoms with van der Waals surface area (Å²) in [6, 6.07) is 11.8. The van der Waals surface area contributed by atoms with E-state index in [0.29, 0.717) is 5.76 Å². The molecule has 0 bridgehead atoms. The van der Waals surface area contributed by atoms with Gasteiger partial charge < -0.3 is 9.84 Å². The van der Waals surface area contributed by atoms with Crippen LogP contribution >= 0.6 is 92.2 Å². The minimum atomic E-state index is -0.639. The number of benzene rings is 1. The number of thioether (sulfide) groups is 1. The number of hydrogen-bond acceptors (Lipinski definition) is 6. The molecule has 3 aromatic heterocycles. The zero-order valence-electron chi connectivity index (χ0n) is 24.3. The predicted molar refractivity (Wildman–Crippen MR) is 201 cm³/mol. The van der Waals surface area contributed by atoms with Gasteiger partial charge in [-0.3, -0.25) is 0 Å². The molecule has 11 heteroatoms. The zero-order valence-corrected chi connectivity index (χ0v) is 33.0. The van der Waals surface area contributed by atoms with Crippen LogP contribution in [0.15, 0.2) is 112 Å². The van der Waals surface area contributed by atoms with Crippen LogP contribution in [0.1, 0.15) is 27.5 Å². The maximum atomic E-state index is 13.1. The van der Waals surface area contributed by atoms with Crippen molar-refractivity contribution in [2.75, 3.05) is 0 Å². The largest absolute Gasteiger partial charge is 0.869 e. The standard InChI is InChI=1S/C26H13Cl4O2S4.2C5H5.Zr/c27-20-21(28)23(30)26(24(31)22(20)29)32-25(18-8-4-12-36-18)19(17-7-3-11-35-17)15(16-6-2-10-34-16)13-14-5-1-9-33-14;2*1-2-4-5-3-1;/h1-12,31H;2*1-3H,4H2;/p-1/b25-19+;;;. The summed E-state index contributed by atoms with van der Waals surface area (Å²) in [5, 5.41) is 18.5. The van der Waals surface area contributed by atoms with E-state index in [2.05, 4.69) is 30.0 Å². The molecule has 3 radical (unpaired) electrons.